The van der Waals surface area contributed by atoms with E-state index in [0.29, 0.717) is 39.0 Å². The number of carbonyl (C=O) groups is 3. The molecule has 8 heteroatoms. The lowest BCUT2D eigenvalue weighted by atomic mass is 9.64. The normalized spacial score (nSPS) is 22.0. The average Bonchev–Trinajstić information content (AvgIpc) is 3.38. The molecule has 3 aliphatic rings. The lowest BCUT2D eigenvalue weighted by Crippen LogP contribution is -2.48. The fraction of sp³-hybridized carbons (Fsp3) is 0.258. The van der Waals surface area contributed by atoms with Crippen molar-refractivity contribution in [3.05, 3.63) is 87.9 Å². The molecule has 3 aromatic carbocycles. The van der Waals surface area contributed by atoms with Crippen LogP contribution in [-0.2, 0) is 4.79 Å². The minimum absolute atomic E-state index is 0.177. The van der Waals surface area contributed by atoms with E-state index in [1.165, 1.54) is 28.3 Å². The number of fused-ring (bicyclic) bond motifs is 5. The molecule has 1 fully saturated rings. The van der Waals surface area contributed by atoms with E-state index in [9.17, 15) is 14.4 Å². The summed E-state index contributed by atoms with van der Waals surface area (Å²) >= 11 is 6.30. The summed E-state index contributed by atoms with van der Waals surface area (Å²) in [6.07, 6.45) is 3.73. The zero-order valence-electron chi connectivity index (χ0n) is 21.9. The number of benzene rings is 3. The highest BCUT2D eigenvalue weighted by Crippen LogP contribution is 2.61. The molecule has 2 aliphatic heterocycles. The first kappa shape index (κ1) is 25.2. The lowest BCUT2D eigenvalue weighted by molar-refractivity contribution is -0.118. The Balaban J connectivity index is 1.69. The molecule has 0 N–H and O–H groups in total. The van der Waals surface area contributed by atoms with E-state index >= 15 is 0 Å². The molecule has 0 aromatic heterocycles. The third kappa shape index (κ3) is 3.26. The van der Waals surface area contributed by atoms with Crippen LogP contribution in [0.15, 0.2) is 60.7 Å². The minimum atomic E-state index is -1.60. The number of Topliss-reactive ketones (excluding diaryl/α,β-unsaturated/α-hetero) is 3. The van der Waals surface area contributed by atoms with Gasteiger partial charge in [0.05, 0.1) is 33.4 Å². The van der Waals surface area contributed by atoms with Gasteiger partial charge in [0.1, 0.15) is 5.41 Å². The van der Waals surface area contributed by atoms with Crippen molar-refractivity contribution in [1.29, 1.82) is 0 Å². The monoisotopic (exact) mass is 543 g/mol. The standard InChI is InChI=1S/C31H26ClNO6/c1-16(34)27-26(18-14-23(37-2)28(39-4)24(15-18)38-3)31(29(35)20-7-5-6-8-21(20)30(31)36)25-12-9-17-13-19(32)10-11-22(17)33(25)27/h5-15,25-27H,1-4H3. The van der Waals surface area contributed by atoms with Gasteiger partial charge < -0.3 is 19.1 Å². The van der Waals surface area contributed by atoms with Gasteiger partial charge in [0, 0.05) is 27.8 Å². The largest absolute Gasteiger partial charge is 0.493 e. The summed E-state index contributed by atoms with van der Waals surface area (Å²) in [5.74, 6) is -0.527. The van der Waals surface area contributed by atoms with Gasteiger partial charge in [-0.1, -0.05) is 48.0 Å². The molecule has 3 atom stereocenters. The number of hydrogen-bond acceptors (Lipinski definition) is 7. The number of ether oxygens (including phenoxy) is 3. The molecule has 1 saturated heterocycles. The van der Waals surface area contributed by atoms with Gasteiger partial charge in [0.15, 0.2) is 28.8 Å². The number of anilines is 1. The summed E-state index contributed by atoms with van der Waals surface area (Å²) in [4.78, 5) is 44.6. The van der Waals surface area contributed by atoms with Gasteiger partial charge in [-0.05, 0) is 48.4 Å². The van der Waals surface area contributed by atoms with Gasteiger partial charge >= 0.3 is 0 Å². The first-order chi connectivity index (χ1) is 18.8. The van der Waals surface area contributed by atoms with Crippen LogP contribution < -0.4 is 19.1 Å². The van der Waals surface area contributed by atoms with Crippen LogP contribution in [0.2, 0.25) is 5.02 Å². The summed E-state index contributed by atoms with van der Waals surface area (Å²) in [7, 11) is 4.51. The Hall–Kier alpha value is -4.10. The Morgan fingerprint density at radius 2 is 1.51 bits per heavy atom. The Labute approximate surface area is 230 Å². The van der Waals surface area contributed by atoms with Gasteiger partial charge in [-0.3, -0.25) is 14.4 Å². The molecule has 39 heavy (non-hydrogen) atoms. The molecule has 7 nitrogen and oxygen atoms in total. The van der Waals surface area contributed by atoms with Gasteiger partial charge in [-0.15, -0.1) is 0 Å². The molecular formula is C31H26ClNO6. The second-order valence-corrected chi connectivity index (χ2v) is 10.4. The lowest BCUT2D eigenvalue weighted by Gasteiger charge is -2.37. The quantitative estimate of drug-likeness (QED) is 0.399. The number of rotatable bonds is 5. The van der Waals surface area contributed by atoms with Gasteiger partial charge in [0.25, 0.3) is 0 Å². The smallest absolute Gasteiger partial charge is 0.203 e. The highest BCUT2D eigenvalue weighted by Gasteiger charge is 2.71. The van der Waals surface area contributed by atoms with Crippen LogP contribution in [0.4, 0.5) is 5.69 Å². The van der Waals surface area contributed by atoms with E-state index in [1.54, 1.807) is 42.5 Å². The van der Waals surface area contributed by atoms with Crippen LogP contribution in [0.1, 0.15) is 44.7 Å². The van der Waals surface area contributed by atoms with Crippen molar-refractivity contribution >= 4 is 40.7 Å². The fourth-order valence-corrected chi connectivity index (χ4v) is 6.94. The summed E-state index contributed by atoms with van der Waals surface area (Å²) in [5.41, 5.74) is 1.23. The van der Waals surface area contributed by atoms with Gasteiger partial charge in [-0.25, -0.2) is 0 Å². The third-order valence-corrected chi connectivity index (χ3v) is 8.46. The SMILES string of the molecule is COc1cc(C2C(C(C)=O)N3c4ccc(Cl)cc4C=CC3C23C(=O)c2ccccc2C3=O)cc(OC)c1OC. The molecule has 6 rings (SSSR count). The molecular weight excluding hydrogens is 518 g/mol. The fourth-order valence-electron chi connectivity index (χ4n) is 6.75. The van der Waals surface area contributed by atoms with Crippen molar-refractivity contribution < 1.29 is 28.6 Å². The molecule has 1 aliphatic carbocycles. The van der Waals surface area contributed by atoms with E-state index < -0.39 is 23.4 Å². The zero-order valence-corrected chi connectivity index (χ0v) is 22.6. The third-order valence-electron chi connectivity index (χ3n) is 8.23. The molecule has 2 heterocycles. The molecule has 0 saturated carbocycles. The first-order valence-electron chi connectivity index (χ1n) is 12.5. The van der Waals surface area contributed by atoms with Crippen LogP contribution in [-0.4, -0.2) is 50.8 Å². The van der Waals surface area contributed by atoms with Crippen LogP contribution in [0, 0.1) is 5.41 Å². The second-order valence-electron chi connectivity index (χ2n) is 9.98. The number of nitrogens with zero attached hydrogens (tertiary/aromatic N) is 1. The summed E-state index contributed by atoms with van der Waals surface area (Å²) in [6, 6.07) is 14.2. The predicted octanol–water partition coefficient (Wildman–Crippen LogP) is 5.39. The van der Waals surface area contributed by atoms with Crippen molar-refractivity contribution in [3.8, 4) is 17.2 Å². The number of ketones is 3. The van der Waals surface area contributed by atoms with Crippen molar-refractivity contribution in [2.45, 2.75) is 24.9 Å². The average molecular weight is 544 g/mol. The highest BCUT2D eigenvalue weighted by atomic mass is 35.5. The van der Waals surface area contributed by atoms with Gasteiger partial charge in [-0.2, -0.15) is 0 Å². The Bertz CT molecular complexity index is 1530. The summed E-state index contributed by atoms with van der Waals surface area (Å²) in [5, 5.41) is 0.548. The van der Waals surface area contributed by atoms with E-state index in [0.717, 1.165) is 11.3 Å². The number of methoxy groups -OCH3 is 3. The van der Waals surface area contributed by atoms with Crippen molar-refractivity contribution in [2.75, 3.05) is 26.2 Å². The number of hydrogen-bond donors (Lipinski definition) is 0. The van der Waals surface area contributed by atoms with Crippen molar-refractivity contribution in [1.82, 2.24) is 0 Å². The van der Waals surface area contributed by atoms with E-state index in [2.05, 4.69) is 0 Å². The van der Waals surface area contributed by atoms with Crippen molar-refractivity contribution in [2.24, 2.45) is 5.41 Å². The molecule has 0 radical (unpaired) electrons. The van der Waals surface area contributed by atoms with E-state index in [4.69, 9.17) is 25.8 Å². The van der Waals surface area contributed by atoms with Crippen LogP contribution in [0.3, 0.4) is 0 Å². The first-order valence-corrected chi connectivity index (χ1v) is 12.9. The second kappa shape index (κ2) is 8.99. The zero-order chi connectivity index (χ0) is 27.6. The molecule has 3 unspecified atom stereocenters. The minimum Gasteiger partial charge on any atom is -0.493 e. The van der Waals surface area contributed by atoms with Gasteiger partial charge in [0.2, 0.25) is 5.75 Å². The molecule has 198 valence electrons. The summed E-state index contributed by atoms with van der Waals surface area (Å²) in [6.45, 7) is 1.50. The van der Waals surface area contributed by atoms with Crippen LogP contribution in [0.5, 0.6) is 17.2 Å². The Kier molecular flexibility index (Phi) is 5.81. The maximum Gasteiger partial charge on any atom is 0.203 e. The molecule has 0 amide bonds. The molecule has 1 spiro atoms. The van der Waals surface area contributed by atoms with E-state index in [-0.39, 0.29) is 17.3 Å². The number of halogens is 1. The predicted molar refractivity (Wildman–Crippen MR) is 148 cm³/mol. The Morgan fingerprint density at radius 1 is 0.897 bits per heavy atom. The molecule has 0 bridgehead atoms. The maximum atomic E-state index is 14.5. The van der Waals surface area contributed by atoms with E-state index in [1.807, 2.05) is 29.2 Å². The number of carbonyl (C=O) groups excluding carboxylic acids is 3. The Morgan fingerprint density at radius 3 is 2.05 bits per heavy atom. The topological polar surface area (TPSA) is 82.1 Å². The summed E-state index contributed by atoms with van der Waals surface area (Å²) < 4.78 is 16.8. The maximum absolute atomic E-state index is 14.5. The van der Waals surface area contributed by atoms with Crippen molar-refractivity contribution in [3.63, 3.8) is 0 Å². The van der Waals surface area contributed by atoms with Crippen LogP contribution in [0.25, 0.3) is 6.08 Å². The van der Waals surface area contributed by atoms with Crippen LogP contribution >= 0.6 is 11.6 Å². The highest BCUT2D eigenvalue weighted by molar-refractivity contribution is 6.32. The molecule has 3 aromatic rings.